The third-order valence-corrected chi connectivity index (χ3v) is 6.56. The second-order valence-corrected chi connectivity index (χ2v) is 9.86. The molecule has 1 saturated carbocycles. The number of aliphatic hydroxyl groups is 1. The van der Waals surface area contributed by atoms with E-state index in [2.05, 4.69) is 25.7 Å². The third-order valence-electron chi connectivity index (χ3n) is 6.16. The minimum Gasteiger partial charge on any atom is -0.388 e. The number of rotatable bonds is 7. The zero-order valence-corrected chi connectivity index (χ0v) is 20.4. The summed E-state index contributed by atoms with van der Waals surface area (Å²) in [5.41, 5.74) is -0.194. The number of morpholine rings is 1. The summed E-state index contributed by atoms with van der Waals surface area (Å²) >= 11 is 6.73. The van der Waals surface area contributed by atoms with Gasteiger partial charge in [-0.05, 0) is 38.8 Å². The maximum absolute atomic E-state index is 13.9. The van der Waals surface area contributed by atoms with Crippen LogP contribution < -0.4 is 15.5 Å². The molecule has 1 saturated heterocycles. The van der Waals surface area contributed by atoms with E-state index < -0.39 is 18.1 Å². The molecule has 1 aliphatic carbocycles. The first kappa shape index (κ1) is 24.4. The smallest absolute Gasteiger partial charge is 0.264 e. The summed E-state index contributed by atoms with van der Waals surface area (Å²) in [7, 11) is 0. The summed E-state index contributed by atoms with van der Waals surface area (Å²) in [4.78, 5) is 10.5. The van der Waals surface area contributed by atoms with E-state index in [1.807, 2.05) is 11.0 Å². The number of fused-ring (bicyclic) bond motifs is 1. The molecule has 2 aromatic heterocycles. The summed E-state index contributed by atoms with van der Waals surface area (Å²) in [5.74, 6) is 0.495. The Morgan fingerprint density at radius 3 is 2.78 bits per heavy atom. The molecule has 10 nitrogen and oxygen atoms in total. The van der Waals surface area contributed by atoms with Crippen molar-refractivity contribution in [3.8, 4) is 6.07 Å². The average Bonchev–Trinajstić information content (AvgIpc) is 3.55. The highest BCUT2D eigenvalue weighted by Gasteiger charge is 2.34. The first-order valence-corrected chi connectivity index (χ1v) is 11.9. The van der Waals surface area contributed by atoms with Crippen molar-refractivity contribution in [2.45, 2.75) is 50.9 Å². The molecule has 3 aromatic rings. The van der Waals surface area contributed by atoms with E-state index in [9.17, 15) is 19.1 Å². The lowest BCUT2D eigenvalue weighted by molar-refractivity contribution is -0.0927. The number of hydrogen-bond donors (Lipinski definition) is 3. The first-order valence-electron chi connectivity index (χ1n) is 11.5. The SMILES string of the molecule is CC(C)(O)C1CN(c2cc(C(F)F)cc(Nc3nc(NC4CC4)c4ncc(C#N)n4n3)c2Cl)CCO1. The number of hydrogen-bond acceptors (Lipinski definition) is 9. The van der Waals surface area contributed by atoms with Gasteiger partial charge in [-0.3, -0.25) is 0 Å². The first-order chi connectivity index (χ1) is 17.1. The number of nitrogens with one attached hydrogen (secondary N) is 2. The molecular formula is C23H25ClF2N8O2. The fourth-order valence-corrected chi connectivity index (χ4v) is 4.30. The maximum atomic E-state index is 13.9. The lowest BCUT2D eigenvalue weighted by Gasteiger charge is -2.40. The average molecular weight is 519 g/mol. The summed E-state index contributed by atoms with van der Waals surface area (Å²) in [6.45, 7) is 4.26. The fraction of sp³-hybridized carbons (Fsp3) is 0.478. The Kier molecular flexibility index (Phi) is 6.32. The van der Waals surface area contributed by atoms with Gasteiger partial charge in [-0.15, -0.1) is 5.10 Å². The Hall–Kier alpha value is -3.27. The van der Waals surface area contributed by atoms with E-state index in [-0.39, 0.29) is 40.5 Å². The molecule has 1 atom stereocenters. The van der Waals surface area contributed by atoms with Crippen LogP contribution in [0, 0.1) is 11.3 Å². The standard InChI is InChI=1S/C23H25ClF2N8O2/c1-23(2,35)17-11-33(5-6-36-17)16-8-12(19(25)26)7-15(18(16)24)30-22-31-20(29-13-3-4-13)21-28-10-14(9-27)34(21)32-22/h7-8,10,13,17,19,35H,3-6,11H2,1-2H3,(H2,29,30,31,32). The molecule has 5 rings (SSSR count). The molecule has 0 bridgehead atoms. The van der Waals surface area contributed by atoms with Crippen molar-refractivity contribution in [2.24, 2.45) is 0 Å². The lowest BCUT2D eigenvalue weighted by atomic mass is 9.99. The normalized spacial score (nSPS) is 18.5. The predicted octanol–water partition coefficient (Wildman–Crippen LogP) is 3.88. The van der Waals surface area contributed by atoms with Crippen LogP contribution in [0.5, 0.6) is 0 Å². The molecule has 13 heteroatoms. The number of ether oxygens (including phenoxy) is 1. The summed E-state index contributed by atoms with van der Waals surface area (Å²) in [5, 5.41) is 30.6. The van der Waals surface area contributed by atoms with E-state index in [4.69, 9.17) is 16.3 Å². The quantitative estimate of drug-likeness (QED) is 0.427. The molecule has 36 heavy (non-hydrogen) atoms. The zero-order valence-electron chi connectivity index (χ0n) is 19.7. The van der Waals surface area contributed by atoms with Gasteiger partial charge in [0.25, 0.3) is 6.43 Å². The van der Waals surface area contributed by atoms with Gasteiger partial charge in [-0.2, -0.15) is 14.8 Å². The van der Waals surface area contributed by atoms with Gasteiger partial charge in [0.15, 0.2) is 17.2 Å². The van der Waals surface area contributed by atoms with Gasteiger partial charge < -0.3 is 25.4 Å². The van der Waals surface area contributed by atoms with Crippen LogP contribution in [0.2, 0.25) is 5.02 Å². The Labute approximate surface area is 210 Å². The Morgan fingerprint density at radius 2 is 2.11 bits per heavy atom. The van der Waals surface area contributed by atoms with Crippen LogP contribution in [0.4, 0.5) is 31.9 Å². The second kappa shape index (κ2) is 9.31. The van der Waals surface area contributed by atoms with Crippen molar-refractivity contribution in [1.29, 1.82) is 5.26 Å². The molecule has 3 heterocycles. The Morgan fingerprint density at radius 1 is 1.33 bits per heavy atom. The highest BCUT2D eigenvalue weighted by molar-refractivity contribution is 6.36. The molecule has 2 aliphatic rings. The van der Waals surface area contributed by atoms with Gasteiger partial charge >= 0.3 is 0 Å². The molecule has 190 valence electrons. The Balaban J connectivity index is 1.54. The number of imidazole rings is 1. The number of nitriles is 1. The van der Waals surface area contributed by atoms with Crippen LogP contribution >= 0.6 is 11.6 Å². The predicted molar refractivity (Wildman–Crippen MR) is 130 cm³/mol. The molecular weight excluding hydrogens is 494 g/mol. The third kappa shape index (κ3) is 4.86. The Bertz CT molecular complexity index is 1330. The van der Waals surface area contributed by atoms with Crippen LogP contribution in [0.1, 0.15) is 44.4 Å². The molecule has 0 amide bonds. The second-order valence-electron chi connectivity index (χ2n) is 9.48. The van der Waals surface area contributed by atoms with Crippen molar-refractivity contribution in [2.75, 3.05) is 35.2 Å². The maximum Gasteiger partial charge on any atom is 0.264 e. The van der Waals surface area contributed by atoms with Crippen LogP contribution in [0.25, 0.3) is 5.65 Å². The van der Waals surface area contributed by atoms with E-state index >= 15 is 0 Å². The number of alkyl halides is 2. The van der Waals surface area contributed by atoms with Gasteiger partial charge in [0.05, 0.1) is 34.8 Å². The van der Waals surface area contributed by atoms with E-state index in [1.165, 1.54) is 22.8 Å². The highest BCUT2D eigenvalue weighted by atomic mass is 35.5. The van der Waals surface area contributed by atoms with Crippen molar-refractivity contribution < 1.29 is 18.6 Å². The van der Waals surface area contributed by atoms with Crippen molar-refractivity contribution in [1.82, 2.24) is 19.6 Å². The number of halogens is 3. The van der Waals surface area contributed by atoms with Gasteiger partial charge in [-0.1, -0.05) is 11.6 Å². The summed E-state index contributed by atoms with van der Waals surface area (Å²) in [6.07, 6.45) is 0.0954. The molecule has 1 aromatic carbocycles. The van der Waals surface area contributed by atoms with Crippen LogP contribution in [0.3, 0.4) is 0 Å². The van der Waals surface area contributed by atoms with E-state index in [0.29, 0.717) is 30.3 Å². The topological polar surface area (TPSA) is 124 Å². The van der Waals surface area contributed by atoms with Gasteiger partial charge in [0, 0.05) is 24.7 Å². The van der Waals surface area contributed by atoms with Gasteiger partial charge in [0.1, 0.15) is 12.2 Å². The fourth-order valence-electron chi connectivity index (χ4n) is 4.02. The van der Waals surface area contributed by atoms with Crippen LogP contribution in [-0.2, 0) is 4.74 Å². The van der Waals surface area contributed by atoms with Crippen LogP contribution in [0.15, 0.2) is 18.3 Å². The minimum atomic E-state index is -2.75. The monoisotopic (exact) mass is 518 g/mol. The van der Waals surface area contributed by atoms with E-state index in [0.717, 1.165) is 12.8 Å². The number of aromatic nitrogens is 4. The van der Waals surface area contributed by atoms with E-state index in [1.54, 1.807) is 13.8 Å². The minimum absolute atomic E-state index is 0.0655. The van der Waals surface area contributed by atoms with Gasteiger partial charge in [-0.25, -0.2) is 13.8 Å². The number of anilines is 4. The van der Waals surface area contributed by atoms with Crippen molar-refractivity contribution >= 4 is 40.4 Å². The van der Waals surface area contributed by atoms with Crippen molar-refractivity contribution in [3.05, 3.63) is 34.6 Å². The summed E-state index contributed by atoms with van der Waals surface area (Å²) < 4.78 is 34.8. The highest BCUT2D eigenvalue weighted by Crippen LogP contribution is 2.39. The molecule has 1 aliphatic heterocycles. The zero-order chi connectivity index (χ0) is 25.6. The largest absolute Gasteiger partial charge is 0.388 e. The summed E-state index contributed by atoms with van der Waals surface area (Å²) in [6, 6.07) is 4.88. The number of benzene rings is 1. The lowest BCUT2D eigenvalue weighted by Crippen LogP contribution is -2.52. The molecule has 0 radical (unpaired) electrons. The van der Waals surface area contributed by atoms with Crippen molar-refractivity contribution in [3.63, 3.8) is 0 Å². The molecule has 3 N–H and O–H groups in total. The van der Waals surface area contributed by atoms with Crippen LogP contribution in [-0.4, -0.2) is 62.1 Å². The molecule has 1 unspecified atom stereocenters. The molecule has 0 spiro atoms. The number of nitrogens with zero attached hydrogens (tertiary/aromatic N) is 6. The van der Waals surface area contributed by atoms with Gasteiger partial charge in [0.2, 0.25) is 5.95 Å². The molecule has 2 fully saturated rings.